The van der Waals surface area contributed by atoms with Gasteiger partial charge < -0.3 is 14.8 Å². The Bertz CT molecular complexity index is 425. The van der Waals surface area contributed by atoms with Gasteiger partial charge in [0, 0.05) is 31.5 Å². The molecule has 1 aliphatic rings. The molecule has 4 nitrogen and oxygen atoms in total. The van der Waals surface area contributed by atoms with Gasteiger partial charge in [-0.3, -0.25) is 4.79 Å². The number of nitrogens with zero attached hydrogens (tertiary/aromatic N) is 2. The molecule has 1 amide bonds. The van der Waals surface area contributed by atoms with Crippen molar-refractivity contribution >= 4 is 5.91 Å². The Labute approximate surface area is 109 Å². The summed E-state index contributed by atoms with van der Waals surface area (Å²) in [6, 6.07) is 2.19. The fourth-order valence-electron chi connectivity index (χ4n) is 2.57. The van der Waals surface area contributed by atoms with Crippen LogP contribution in [-0.4, -0.2) is 41.1 Å². The maximum Gasteiger partial charge on any atom is 0.253 e. The van der Waals surface area contributed by atoms with E-state index >= 15 is 0 Å². The number of carbonyl (C=O) groups excluding carboxylic acids is 1. The SMILES string of the molecule is CCN1CCCC(NC(=O)c2ccn(C)c2C)C1. The molecule has 1 unspecified atom stereocenters. The molecule has 0 bridgehead atoms. The first-order valence-corrected chi connectivity index (χ1v) is 6.77. The number of hydrogen-bond donors (Lipinski definition) is 1. The first-order chi connectivity index (χ1) is 8.61. The smallest absolute Gasteiger partial charge is 0.253 e. The predicted octanol–water partition coefficient (Wildman–Crippen LogP) is 1.55. The average molecular weight is 249 g/mol. The van der Waals surface area contributed by atoms with Crippen LogP contribution in [0.4, 0.5) is 0 Å². The number of rotatable bonds is 3. The van der Waals surface area contributed by atoms with E-state index in [4.69, 9.17) is 0 Å². The lowest BCUT2D eigenvalue weighted by Crippen LogP contribution is -2.47. The van der Waals surface area contributed by atoms with Crippen LogP contribution in [0.3, 0.4) is 0 Å². The molecule has 1 aromatic rings. The largest absolute Gasteiger partial charge is 0.354 e. The molecule has 1 atom stereocenters. The molecule has 2 rings (SSSR count). The van der Waals surface area contributed by atoms with Gasteiger partial charge in [-0.25, -0.2) is 0 Å². The molecular weight excluding hydrogens is 226 g/mol. The highest BCUT2D eigenvalue weighted by Crippen LogP contribution is 2.12. The van der Waals surface area contributed by atoms with Gasteiger partial charge in [-0.2, -0.15) is 0 Å². The van der Waals surface area contributed by atoms with E-state index in [0.717, 1.165) is 37.3 Å². The number of aromatic nitrogens is 1. The number of nitrogens with one attached hydrogen (secondary N) is 1. The molecule has 0 aromatic carbocycles. The van der Waals surface area contributed by atoms with Crippen LogP contribution in [0.25, 0.3) is 0 Å². The summed E-state index contributed by atoms with van der Waals surface area (Å²) in [5, 5.41) is 3.16. The lowest BCUT2D eigenvalue weighted by molar-refractivity contribution is 0.0905. The van der Waals surface area contributed by atoms with Gasteiger partial charge in [0.05, 0.1) is 5.56 Å². The summed E-state index contributed by atoms with van der Waals surface area (Å²) in [6.07, 6.45) is 4.20. The van der Waals surface area contributed by atoms with E-state index < -0.39 is 0 Å². The Morgan fingerprint density at radius 2 is 2.33 bits per heavy atom. The molecule has 1 aromatic heterocycles. The summed E-state index contributed by atoms with van der Waals surface area (Å²) < 4.78 is 1.98. The van der Waals surface area contributed by atoms with Crippen molar-refractivity contribution in [3.05, 3.63) is 23.5 Å². The van der Waals surface area contributed by atoms with Crippen LogP contribution < -0.4 is 5.32 Å². The minimum atomic E-state index is 0.0658. The van der Waals surface area contributed by atoms with Crippen molar-refractivity contribution in [2.24, 2.45) is 7.05 Å². The van der Waals surface area contributed by atoms with Gasteiger partial charge in [-0.15, -0.1) is 0 Å². The molecule has 1 N–H and O–H groups in total. The monoisotopic (exact) mass is 249 g/mol. The van der Waals surface area contributed by atoms with Crippen LogP contribution >= 0.6 is 0 Å². The van der Waals surface area contributed by atoms with E-state index in [1.54, 1.807) is 0 Å². The molecule has 0 saturated carbocycles. The van der Waals surface area contributed by atoms with Gasteiger partial charge in [0.15, 0.2) is 0 Å². The normalized spacial score (nSPS) is 20.9. The third-order valence-corrected chi connectivity index (χ3v) is 3.92. The van der Waals surface area contributed by atoms with Crippen LogP contribution in [0.1, 0.15) is 35.8 Å². The zero-order valence-electron chi connectivity index (χ0n) is 11.6. The second-order valence-electron chi connectivity index (χ2n) is 5.13. The van der Waals surface area contributed by atoms with Gasteiger partial charge in [-0.05, 0) is 38.9 Å². The van der Waals surface area contributed by atoms with Gasteiger partial charge in [-0.1, -0.05) is 6.92 Å². The highest BCUT2D eigenvalue weighted by atomic mass is 16.1. The van der Waals surface area contributed by atoms with Crippen molar-refractivity contribution in [2.45, 2.75) is 32.7 Å². The molecule has 1 fully saturated rings. The van der Waals surface area contributed by atoms with Crippen LogP contribution in [0.5, 0.6) is 0 Å². The molecule has 18 heavy (non-hydrogen) atoms. The van der Waals surface area contributed by atoms with Crippen molar-refractivity contribution in [2.75, 3.05) is 19.6 Å². The lowest BCUT2D eigenvalue weighted by atomic mass is 10.1. The molecule has 1 saturated heterocycles. The number of amides is 1. The van der Waals surface area contributed by atoms with Crippen molar-refractivity contribution < 1.29 is 4.79 Å². The number of carbonyl (C=O) groups is 1. The van der Waals surface area contributed by atoms with Gasteiger partial charge in [0.1, 0.15) is 0 Å². The molecule has 100 valence electrons. The van der Waals surface area contributed by atoms with Crippen LogP contribution in [0.2, 0.25) is 0 Å². The Kier molecular flexibility index (Phi) is 4.07. The Morgan fingerprint density at radius 1 is 1.56 bits per heavy atom. The Hall–Kier alpha value is -1.29. The van der Waals surface area contributed by atoms with Crippen LogP contribution in [-0.2, 0) is 7.05 Å². The first-order valence-electron chi connectivity index (χ1n) is 6.77. The second-order valence-corrected chi connectivity index (χ2v) is 5.13. The van der Waals surface area contributed by atoms with E-state index in [1.165, 1.54) is 6.42 Å². The van der Waals surface area contributed by atoms with Gasteiger partial charge in [0.25, 0.3) is 5.91 Å². The molecule has 1 aliphatic heterocycles. The highest BCUT2D eigenvalue weighted by Gasteiger charge is 2.21. The highest BCUT2D eigenvalue weighted by molar-refractivity contribution is 5.95. The zero-order valence-corrected chi connectivity index (χ0v) is 11.6. The fourth-order valence-corrected chi connectivity index (χ4v) is 2.57. The predicted molar refractivity (Wildman–Crippen MR) is 72.8 cm³/mol. The Morgan fingerprint density at radius 3 is 2.94 bits per heavy atom. The lowest BCUT2D eigenvalue weighted by Gasteiger charge is -2.32. The minimum absolute atomic E-state index is 0.0658. The fraction of sp³-hybridized carbons (Fsp3) is 0.643. The minimum Gasteiger partial charge on any atom is -0.354 e. The number of likely N-dealkylation sites (tertiary alicyclic amines) is 1. The number of aryl methyl sites for hydroxylation is 1. The van der Waals surface area contributed by atoms with Crippen molar-refractivity contribution in [3.8, 4) is 0 Å². The van der Waals surface area contributed by atoms with E-state index in [1.807, 2.05) is 30.8 Å². The maximum absolute atomic E-state index is 12.2. The molecular formula is C14H23N3O. The second kappa shape index (κ2) is 5.57. The molecule has 0 aliphatic carbocycles. The summed E-state index contributed by atoms with van der Waals surface area (Å²) in [7, 11) is 1.96. The first kappa shape index (κ1) is 13.1. The number of hydrogen-bond acceptors (Lipinski definition) is 2. The van der Waals surface area contributed by atoms with E-state index in [9.17, 15) is 4.79 Å². The zero-order chi connectivity index (χ0) is 13.1. The number of likely N-dealkylation sites (N-methyl/N-ethyl adjacent to an activating group) is 1. The van der Waals surface area contributed by atoms with E-state index in [2.05, 4.69) is 17.1 Å². The van der Waals surface area contributed by atoms with E-state index in [0.29, 0.717) is 6.04 Å². The summed E-state index contributed by atoms with van der Waals surface area (Å²) in [5.41, 5.74) is 1.82. The van der Waals surface area contributed by atoms with Crippen molar-refractivity contribution in [1.82, 2.24) is 14.8 Å². The van der Waals surface area contributed by atoms with Crippen molar-refractivity contribution in [1.29, 1.82) is 0 Å². The molecule has 4 heteroatoms. The number of piperidine rings is 1. The van der Waals surface area contributed by atoms with Gasteiger partial charge in [0.2, 0.25) is 0 Å². The molecule has 0 spiro atoms. The molecule has 0 radical (unpaired) electrons. The van der Waals surface area contributed by atoms with E-state index in [-0.39, 0.29) is 5.91 Å². The quantitative estimate of drug-likeness (QED) is 0.882. The third-order valence-electron chi connectivity index (χ3n) is 3.92. The Balaban J connectivity index is 1.97. The summed E-state index contributed by atoms with van der Waals surface area (Å²) in [6.45, 7) is 7.36. The summed E-state index contributed by atoms with van der Waals surface area (Å²) >= 11 is 0. The van der Waals surface area contributed by atoms with Crippen LogP contribution in [0.15, 0.2) is 12.3 Å². The standard InChI is InChI=1S/C14H23N3O/c1-4-17-8-5-6-12(10-17)15-14(18)13-7-9-16(3)11(13)2/h7,9,12H,4-6,8,10H2,1-3H3,(H,15,18). The summed E-state index contributed by atoms with van der Waals surface area (Å²) in [4.78, 5) is 14.6. The molecule has 2 heterocycles. The third kappa shape index (κ3) is 2.75. The maximum atomic E-state index is 12.2. The van der Waals surface area contributed by atoms with Crippen molar-refractivity contribution in [3.63, 3.8) is 0 Å². The van der Waals surface area contributed by atoms with Gasteiger partial charge >= 0.3 is 0 Å². The average Bonchev–Trinajstić information content (AvgIpc) is 2.70. The van der Waals surface area contributed by atoms with Crippen LogP contribution in [0, 0.1) is 6.92 Å². The summed E-state index contributed by atoms with van der Waals surface area (Å²) in [5.74, 6) is 0.0658. The topological polar surface area (TPSA) is 37.3 Å².